The first kappa shape index (κ1) is 26.1. The predicted molar refractivity (Wildman–Crippen MR) is 114 cm³/mol. The molecular formula is C23H36O5. The Bertz CT molecular complexity index is 513. The lowest BCUT2D eigenvalue weighted by atomic mass is 10.2. The summed E-state index contributed by atoms with van der Waals surface area (Å²) in [6.45, 7) is 1.32. The van der Waals surface area contributed by atoms with E-state index in [1.807, 2.05) is 43.4 Å². The van der Waals surface area contributed by atoms with Crippen molar-refractivity contribution in [1.82, 2.24) is 0 Å². The summed E-state index contributed by atoms with van der Waals surface area (Å²) in [5.74, 6) is -0.394. The standard InChI is InChI=1S/C23H36O5/c1-2-3-16-21(26)17-14-12-10-8-6-4-5-7-9-11-13-15-18-23(27)28-22(19-24)20-25/h3-5,8-12,14,16,21-22,24-26H,2,6-7,13,15,17-20H2,1H3/b5-4-,10-8-,11-9-,14-12+,16-3-. The van der Waals surface area contributed by atoms with Crippen molar-refractivity contribution in [2.75, 3.05) is 13.2 Å². The van der Waals surface area contributed by atoms with Crippen LogP contribution in [0, 0.1) is 0 Å². The molecule has 0 saturated carbocycles. The maximum Gasteiger partial charge on any atom is 0.306 e. The van der Waals surface area contributed by atoms with E-state index in [0.29, 0.717) is 12.8 Å². The van der Waals surface area contributed by atoms with E-state index in [9.17, 15) is 9.90 Å². The molecule has 0 aliphatic heterocycles. The SMILES string of the molecule is CC/C=C\C(O)C/C=C/C=C\C/C=C\C/C=C\CCCC(=O)OC(CO)CO. The van der Waals surface area contributed by atoms with Gasteiger partial charge < -0.3 is 20.1 Å². The molecule has 5 nitrogen and oxygen atoms in total. The van der Waals surface area contributed by atoms with Crippen molar-refractivity contribution in [3.8, 4) is 0 Å². The largest absolute Gasteiger partial charge is 0.457 e. The molecule has 28 heavy (non-hydrogen) atoms. The van der Waals surface area contributed by atoms with Gasteiger partial charge in [-0.1, -0.05) is 67.7 Å². The molecule has 1 unspecified atom stereocenters. The van der Waals surface area contributed by atoms with Crippen molar-refractivity contribution in [2.24, 2.45) is 0 Å². The zero-order chi connectivity index (χ0) is 20.9. The van der Waals surface area contributed by atoms with E-state index in [2.05, 4.69) is 24.3 Å². The fraction of sp³-hybridized carbons (Fsp3) is 0.522. The molecule has 0 saturated heterocycles. The maximum absolute atomic E-state index is 11.4. The third-order valence-electron chi connectivity index (χ3n) is 3.69. The van der Waals surface area contributed by atoms with Crippen molar-refractivity contribution < 1.29 is 24.9 Å². The summed E-state index contributed by atoms with van der Waals surface area (Å²) >= 11 is 0. The summed E-state index contributed by atoms with van der Waals surface area (Å²) in [6.07, 6.45) is 23.8. The lowest BCUT2D eigenvalue weighted by Gasteiger charge is -2.11. The van der Waals surface area contributed by atoms with Gasteiger partial charge in [-0.05, 0) is 38.5 Å². The number of esters is 1. The van der Waals surface area contributed by atoms with Crippen LogP contribution in [0.5, 0.6) is 0 Å². The zero-order valence-electron chi connectivity index (χ0n) is 17.0. The second kappa shape index (κ2) is 19.8. The molecule has 0 bridgehead atoms. The second-order valence-corrected chi connectivity index (χ2v) is 6.28. The molecule has 0 aliphatic rings. The van der Waals surface area contributed by atoms with Gasteiger partial charge in [0.05, 0.1) is 19.3 Å². The van der Waals surface area contributed by atoms with Crippen LogP contribution in [0.4, 0.5) is 0 Å². The molecule has 158 valence electrons. The van der Waals surface area contributed by atoms with E-state index in [0.717, 1.165) is 25.7 Å². The van der Waals surface area contributed by atoms with Crippen LogP contribution in [-0.2, 0) is 9.53 Å². The van der Waals surface area contributed by atoms with E-state index in [-0.39, 0.29) is 19.6 Å². The van der Waals surface area contributed by atoms with Crippen molar-refractivity contribution in [3.63, 3.8) is 0 Å². The smallest absolute Gasteiger partial charge is 0.306 e. The van der Waals surface area contributed by atoms with Crippen LogP contribution in [-0.4, -0.2) is 46.7 Å². The Hall–Kier alpha value is -1.95. The summed E-state index contributed by atoms with van der Waals surface area (Å²) in [5, 5.41) is 27.3. The summed E-state index contributed by atoms with van der Waals surface area (Å²) < 4.78 is 4.88. The van der Waals surface area contributed by atoms with Crippen LogP contribution in [0.2, 0.25) is 0 Å². The number of carbonyl (C=O) groups excluding carboxylic acids is 1. The number of hydrogen-bond donors (Lipinski definition) is 3. The van der Waals surface area contributed by atoms with E-state index in [1.165, 1.54) is 0 Å². The van der Waals surface area contributed by atoms with Crippen LogP contribution in [0.3, 0.4) is 0 Å². The zero-order valence-corrected chi connectivity index (χ0v) is 17.0. The average molecular weight is 393 g/mol. The monoisotopic (exact) mass is 392 g/mol. The second-order valence-electron chi connectivity index (χ2n) is 6.28. The third-order valence-corrected chi connectivity index (χ3v) is 3.69. The number of hydrogen-bond acceptors (Lipinski definition) is 5. The van der Waals surface area contributed by atoms with Gasteiger partial charge in [0.1, 0.15) is 6.10 Å². The molecule has 3 N–H and O–H groups in total. The normalized spacial score (nSPS) is 13.9. The molecule has 0 heterocycles. The topological polar surface area (TPSA) is 87.0 Å². The molecular weight excluding hydrogens is 356 g/mol. The van der Waals surface area contributed by atoms with Gasteiger partial charge in [-0.15, -0.1) is 0 Å². The number of unbranched alkanes of at least 4 members (excludes halogenated alkanes) is 1. The van der Waals surface area contributed by atoms with E-state index >= 15 is 0 Å². The minimum absolute atomic E-state index is 0.279. The Morgan fingerprint density at radius 2 is 1.57 bits per heavy atom. The Balaban J connectivity index is 3.68. The van der Waals surface area contributed by atoms with Crippen LogP contribution in [0.15, 0.2) is 60.8 Å². The van der Waals surface area contributed by atoms with E-state index < -0.39 is 18.2 Å². The first-order chi connectivity index (χ1) is 13.6. The molecule has 0 radical (unpaired) electrons. The molecule has 0 aromatic carbocycles. The minimum atomic E-state index is -0.813. The highest BCUT2D eigenvalue weighted by Crippen LogP contribution is 2.02. The number of rotatable bonds is 16. The number of allylic oxidation sites excluding steroid dienone is 8. The number of aliphatic hydroxyl groups is 3. The minimum Gasteiger partial charge on any atom is -0.457 e. The summed E-state index contributed by atoms with van der Waals surface area (Å²) in [4.78, 5) is 11.4. The van der Waals surface area contributed by atoms with Crippen LogP contribution in [0.1, 0.15) is 51.9 Å². The van der Waals surface area contributed by atoms with Gasteiger partial charge in [0.25, 0.3) is 0 Å². The molecule has 0 rings (SSSR count). The highest BCUT2D eigenvalue weighted by molar-refractivity contribution is 5.69. The molecule has 0 aromatic rings. The predicted octanol–water partition coefficient (Wildman–Crippen LogP) is 3.78. The summed E-state index contributed by atoms with van der Waals surface area (Å²) in [5.41, 5.74) is 0. The van der Waals surface area contributed by atoms with Crippen molar-refractivity contribution in [2.45, 2.75) is 64.1 Å². The Morgan fingerprint density at radius 1 is 0.929 bits per heavy atom. The van der Waals surface area contributed by atoms with Crippen molar-refractivity contribution >= 4 is 5.97 Å². The van der Waals surface area contributed by atoms with E-state index in [1.54, 1.807) is 0 Å². The fourth-order valence-corrected chi connectivity index (χ4v) is 2.13. The highest BCUT2D eigenvalue weighted by Gasteiger charge is 2.11. The Morgan fingerprint density at radius 3 is 2.25 bits per heavy atom. The van der Waals surface area contributed by atoms with Gasteiger partial charge in [-0.2, -0.15) is 0 Å². The summed E-state index contributed by atoms with van der Waals surface area (Å²) in [7, 11) is 0. The van der Waals surface area contributed by atoms with Crippen LogP contribution < -0.4 is 0 Å². The number of aliphatic hydroxyl groups excluding tert-OH is 3. The summed E-state index contributed by atoms with van der Waals surface area (Å²) in [6, 6.07) is 0. The number of ether oxygens (including phenoxy) is 1. The average Bonchev–Trinajstić information content (AvgIpc) is 2.70. The van der Waals surface area contributed by atoms with Crippen LogP contribution >= 0.6 is 0 Å². The van der Waals surface area contributed by atoms with Crippen molar-refractivity contribution in [1.29, 1.82) is 0 Å². The van der Waals surface area contributed by atoms with Gasteiger partial charge in [0.15, 0.2) is 0 Å². The van der Waals surface area contributed by atoms with Gasteiger partial charge in [-0.3, -0.25) is 4.79 Å². The Labute approximate surface area is 169 Å². The van der Waals surface area contributed by atoms with Gasteiger partial charge in [0, 0.05) is 6.42 Å². The molecule has 0 fully saturated rings. The molecule has 0 aromatic heterocycles. The maximum atomic E-state index is 11.4. The lowest BCUT2D eigenvalue weighted by molar-refractivity contribution is -0.153. The van der Waals surface area contributed by atoms with Gasteiger partial charge >= 0.3 is 5.97 Å². The Kier molecular flexibility index (Phi) is 18.4. The first-order valence-electron chi connectivity index (χ1n) is 10.0. The third kappa shape index (κ3) is 17.5. The molecule has 0 aliphatic carbocycles. The highest BCUT2D eigenvalue weighted by atomic mass is 16.6. The molecule has 1 atom stereocenters. The van der Waals surface area contributed by atoms with Gasteiger partial charge in [0.2, 0.25) is 0 Å². The molecule has 5 heteroatoms. The fourth-order valence-electron chi connectivity index (χ4n) is 2.13. The molecule has 0 spiro atoms. The van der Waals surface area contributed by atoms with Crippen LogP contribution in [0.25, 0.3) is 0 Å². The van der Waals surface area contributed by atoms with Gasteiger partial charge in [-0.25, -0.2) is 0 Å². The lowest BCUT2D eigenvalue weighted by Crippen LogP contribution is -2.25. The molecule has 0 amide bonds. The first-order valence-corrected chi connectivity index (χ1v) is 10.0. The van der Waals surface area contributed by atoms with Crippen molar-refractivity contribution in [3.05, 3.63) is 60.8 Å². The van der Waals surface area contributed by atoms with E-state index in [4.69, 9.17) is 14.9 Å². The number of carbonyl (C=O) groups is 1. The quantitative estimate of drug-likeness (QED) is 0.161.